The van der Waals surface area contributed by atoms with Crippen molar-refractivity contribution >= 4 is 5.91 Å². The van der Waals surface area contributed by atoms with E-state index >= 15 is 0 Å². The number of amides is 1. The summed E-state index contributed by atoms with van der Waals surface area (Å²) in [5, 5.41) is 0. The van der Waals surface area contributed by atoms with E-state index in [9.17, 15) is 4.79 Å². The molecule has 9 atom stereocenters. The predicted octanol–water partition coefficient (Wildman–Crippen LogP) is 6.74. The minimum atomic E-state index is 0.198. The van der Waals surface area contributed by atoms with Gasteiger partial charge in [-0.3, -0.25) is 4.79 Å². The standard InChI is InChI=1S/C31H48N2O/c1-21(32(4)5)26-14-15-27-25-13-12-23-20-24(33(6)29(34)22-10-8-7-9-11-22)16-18-30(23,2)28(25)17-19-31(26,27)3/h7-11,21,23-28H,12-20H2,1-6H3/t21-,23+,24+,25+,26-,27+,28+,30+,31-/m1/s1. The van der Waals surface area contributed by atoms with Gasteiger partial charge >= 0.3 is 0 Å². The Kier molecular flexibility index (Phi) is 6.41. The fraction of sp³-hybridized carbons (Fsp3) is 0.774. The van der Waals surface area contributed by atoms with Crippen molar-refractivity contribution in [2.45, 2.75) is 90.6 Å². The first-order valence-electron chi connectivity index (χ1n) is 14.2. The first-order valence-corrected chi connectivity index (χ1v) is 14.2. The average molecular weight is 465 g/mol. The minimum absolute atomic E-state index is 0.198. The molecule has 0 spiro atoms. The minimum Gasteiger partial charge on any atom is -0.339 e. The van der Waals surface area contributed by atoms with E-state index in [-0.39, 0.29) is 5.91 Å². The van der Waals surface area contributed by atoms with Crippen molar-refractivity contribution < 1.29 is 4.79 Å². The third kappa shape index (κ3) is 3.76. The van der Waals surface area contributed by atoms with E-state index in [0.717, 1.165) is 35.2 Å². The number of benzene rings is 1. The second kappa shape index (κ2) is 8.95. The molecule has 0 bridgehead atoms. The number of hydrogen-bond donors (Lipinski definition) is 0. The smallest absolute Gasteiger partial charge is 0.253 e. The first-order chi connectivity index (χ1) is 16.2. The van der Waals surface area contributed by atoms with E-state index in [4.69, 9.17) is 0 Å². The number of hydrogen-bond acceptors (Lipinski definition) is 2. The quantitative estimate of drug-likeness (QED) is 0.493. The normalized spacial score (nSPS) is 42.4. The van der Waals surface area contributed by atoms with Crippen molar-refractivity contribution in [1.82, 2.24) is 9.80 Å². The Hall–Kier alpha value is -1.35. The number of nitrogens with zero attached hydrogens (tertiary/aromatic N) is 2. The van der Waals surface area contributed by atoms with Crippen molar-refractivity contribution in [3.05, 3.63) is 35.9 Å². The number of fused-ring (bicyclic) bond motifs is 5. The molecule has 0 unspecified atom stereocenters. The Labute approximate surface area is 208 Å². The Morgan fingerprint density at radius 1 is 0.882 bits per heavy atom. The van der Waals surface area contributed by atoms with E-state index in [1.807, 2.05) is 37.4 Å². The van der Waals surface area contributed by atoms with Crippen LogP contribution in [-0.4, -0.2) is 48.9 Å². The molecule has 34 heavy (non-hydrogen) atoms. The maximum atomic E-state index is 13.1. The van der Waals surface area contributed by atoms with Crippen molar-refractivity contribution in [1.29, 1.82) is 0 Å². The van der Waals surface area contributed by atoms with Gasteiger partial charge in [-0.2, -0.15) is 0 Å². The van der Waals surface area contributed by atoms with Crippen LogP contribution in [-0.2, 0) is 0 Å². The lowest BCUT2D eigenvalue weighted by atomic mass is 9.44. The summed E-state index contributed by atoms with van der Waals surface area (Å²) in [6, 6.07) is 10.9. The first kappa shape index (κ1) is 24.3. The van der Waals surface area contributed by atoms with Crippen LogP contribution in [0.2, 0.25) is 0 Å². The zero-order chi connectivity index (χ0) is 24.3. The lowest BCUT2D eigenvalue weighted by Crippen LogP contribution is -2.56. The molecule has 1 amide bonds. The molecule has 1 aromatic rings. The van der Waals surface area contributed by atoms with Gasteiger partial charge in [-0.25, -0.2) is 0 Å². The van der Waals surface area contributed by atoms with Crippen LogP contribution in [0.3, 0.4) is 0 Å². The molecule has 4 aliphatic carbocycles. The van der Waals surface area contributed by atoms with Crippen LogP contribution in [0, 0.1) is 40.4 Å². The average Bonchev–Trinajstić information content (AvgIpc) is 3.19. The van der Waals surface area contributed by atoms with Crippen LogP contribution >= 0.6 is 0 Å². The second-order valence-corrected chi connectivity index (χ2v) is 13.3. The van der Waals surface area contributed by atoms with E-state index in [1.54, 1.807) is 0 Å². The maximum Gasteiger partial charge on any atom is 0.253 e. The second-order valence-electron chi connectivity index (χ2n) is 13.3. The molecule has 5 rings (SSSR count). The Morgan fingerprint density at radius 2 is 1.56 bits per heavy atom. The topological polar surface area (TPSA) is 23.6 Å². The Morgan fingerprint density at radius 3 is 2.26 bits per heavy atom. The number of carbonyl (C=O) groups is 1. The zero-order valence-corrected chi connectivity index (χ0v) is 22.6. The predicted molar refractivity (Wildman–Crippen MR) is 141 cm³/mol. The van der Waals surface area contributed by atoms with Gasteiger partial charge in [0, 0.05) is 24.7 Å². The van der Waals surface area contributed by atoms with Crippen LogP contribution in [0.1, 0.15) is 88.9 Å². The molecule has 0 aromatic heterocycles. The molecule has 0 N–H and O–H groups in total. The van der Waals surface area contributed by atoms with E-state index in [1.165, 1.54) is 57.8 Å². The number of carbonyl (C=O) groups excluding carboxylic acids is 1. The van der Waals surface area contributed by atoms with E-state index in [2.05, 4.69) is 44.7 Å². The monoisotopic (exact) mass is 464 g/mol. The summed E-state index contributed by atoms with van der Waals surface area (Å²) < 4.78 is 0. The molecular formula is C31H48N2O. The highest BCUT2D eigenvalue weighted by Crippen LogP contribution is 2.68. The van der Waals surface area contributed by atoms with Crippen LogP contribution < -0.4 is 0 Å². The highest BCUT2D eigenvalue weighted by molar-refractivity contribution is 5.94. The van der Waals surface area contributed by atoms with Crippen LogP contribution in [0.25, 0.3) is 0 Å². The Bertz CT molecular complexity index is 883. The molecule has 0 heterocycles. The molecule has 188 valence electrons. The van der Waals surface area contributed by atoms with Crippen LogP contribution in [0.15, 0.2) is 30.3 Å². The summed E-state index contributed by atoms with van der Waals surface area (Å²) in [6.07, 6.45) is 12.2. The summed E-state index contributed by atoms with van der Waals surface area (Å²) in [7, 11) is 6.60. The van der Waals surface area contributed by atoms with Gasteiger partial charge in [0.05, 0.1) is 0 Å². The fourth-order valence-electron chi connectivity index (χ4n) is 9.73. The van der Waals surface area contributed by atoms with Gasteiger partial charge in [0.1, 0.15) is 0 Å². The van der Waals surface area contributed by atoms with Gasteiger partial charge in [-0.1, -0.05) is 32.0 Å². The van der Waals surface area contributed by atoms with Crippen molar-refractivity contribution in [2.24, 2.45) is 40.4 Å². The van der Waals surface area contributed by atoms with Crippen LogP contribution in [0.5, 0.6) is 0 Å². The summed E-state index contributed by atoms with van der Waals surface area (Å²) in [5.74, 6) is 4.58. The molecule has 4 fully saturated rings. The largest absolute Gasteiger partial charge is 0.339 e. The van der Waals surface area contributed by atoms with E-state index < -0.39 is 0 Å². The summed E-state index contributed by atoms with van der Waals surface area (Å²) >= 11 is 0. The summed E-state index contributed by atoms with van der Waals surface area (Å²) in [6.45, 7) is 7.79. The molecule has 4 aliphatic rings. The van der Waals surface area contributed by atoms with Crippen molar-refractivity contribution in [2.75, 3.05) is 21.1 Å². The molecular weight excluding hydrogens is 416 g/mol. The zero-order valence-electron chi connectivity index (χ0n) is 22.6. The SMILES string of the molecule is C[C@H]([C@H]1CC[C@H]2[C@@H]3CC[C@H]4C[C@@H](N(C)C(=O)c5ccccc5)CC[C@]4(C)[C@H]3CC[C@]12C)N(C)C. The van der Waals surface area contributed by atoms with Gasteiger partial charge in [0.2, 0.25) is 0 Å². The summed E-state index contributed by atoms with van der Waals surface area (Å²) in [4.78, 5) is 17.7. The summed E-state index contributed by atoms with van der Waals surface area (Å²) in [5.41, 5.74) is 1.84. The van der Waals surface area contributed by atoms with Gasteiger partial charge < -0.3 is 9.80 Å². The molecule has 0 radical (unpaired) electrons. The van der Waals surface area contributed by atoms with Gasteiger partial charge in [-0.05, 0) is 131 Å². The fourth-order valence-corrected chi connectivity index (χ4v) is 9.73. The molecule has 1 aromatic carbocycles. The molecule has 0 saturated heterocycles. The maximum absolute atomic E-state index is 13.1. The Balaban J connectivity index is 1.30. The third-order valence-corrected chi connectivity index (χ3v) is 12.0. The van der Waals surface area contributed by atoms with Gasteiger partial charge in [0.25, 0.3) is 5.91 Å². The lowest BCUT2D eigenvalue weighted by Gasteiger charge is -2.62. The third-order valence-electron chi connectivity index (χ3n) is 12.0. The van der Waals surface area contributed by atoms with Crippen LogP contribution in [0.4, 0.5) is 0 Å². The highest BCUT2D eigenvalue weighted by Gasteiger charge is 2.61. The van der Waals surface area contributed by atoms with Gasteiger partial charge in [0.15, 0.2) is 0 Å². The molecule has 4 saturated carbocycles. The van der Waals surface area contributed by atoms with Crippen molar-refractivity contribution in [3.8, 4) is 0 Å². The lowest BCUT2D eigenvalue weighted by molar-refractivity contribution is -0.122. The molecule has 3 heteroatoms. The molecule has 3 nitrogen and oxygen atoms in total. The van der Waals surface area contributed by atoms with E-state index in [0.29, 0.717) is 22.9 Å². The van der Waals surface area contributed by atoms with Gasteiger partial charge in [-0.15, -0.1) is 0 Å². The molecule has 0 aliphatic heterocycles. The highest BCUT2D eigenvalue weighted by atomic mass is 16.2. The van der Waals surface area contributed by atoms with Crippen molar-refractivity contribution in [3.63, 3.8) is 0 Å². The number of rotatable bonds is 4.